The van der Waals surface area contributed by atoms with E-state index in [2.05, 4.69) is 26.6 Å². The largest absolute Gasteiger partial charge is 0.508 e. The Hall–Kier alpha value is -5.47. The molecule has 2 rings (SSSR count). The topological polar surface area (TPSA) is 246 Å². The monoisotopic (exact) mass is 668 g/mol. The molecule has 0 fully saturated rings. The van der Waals surface area contributed by atoms with Gasteiger partial charge in [-0.3, -0.25) is 33.6 Å². The maximum absolute atomic E-state index is 13.3. The SMILES string of the molecule is CC[C@H](C)[C@H](NC(C)=O)C(=O)N[C@@H](Cc1ccc(O)cc1)C(=O)NCC(=O)N[C@@H](CCC(=O)O)C(=O)N[C@@H](Cc1ccccc1)C(N)=O. The van der Waals surface area contributed by atoms with Crippen LogP contribution >= 0.6 is 0 Å². The number of rotatable bonds is 19. The Morgan fingerprint density at radius 1 is 0.750 bits per heavy atom. The quantitative estimate of drug-likeness (QED) is 0.0973. The number of nitrogens with two attached hydrogens (primary N) is 1. The lowest BCUT2D eigenvalue weighted by Gasteiger charge is -2.26. The number of benzene rings is 2. The van der Waals surface area contributed by atoms with Crippen molar-refractivity contribution in [3.8, 4) is 5.75 Å². The molecule has 48 heavy (non-hydrogen) atoms. The number of phenols is 1. The third-order valence-corrected chi connectivity index (χ3v) is 7.53. The highest BCUT2D eigenvalue weighted by Gasteiger charge is 2.30. The standard InChI is InChI=1S/C33H44N6O9/c1-4-19(2)29(36-20(3)40)33(48)39-26(17-22-10-12-23(41)13-11-22)31(46)35-18-27(42)37-24(14-15-28(43)44)32(47)38-25(30(34)45)16-21-8-6-5-7-9-21/h5-13,19,24-26,29,41H,4,14-18H2,1-3H3,(H2,34,45)(H,35,46)(H,36,40)(H,37,42)(H,38,47)(H,39,48)(H,43,44)/t19-,24-,25-,26-,29-/m0/s1. The molecule has 0 aliphatic heterocycles. The minimum Gasteiger partial charge on any atom is -0.508 e. The summed E-state index contributed by atoms with van der Waals surface area (Å²) in [4.78, 5) is 87.7. The predicted octanol–water partition coefficient (Wildman–Crippen LogP) is -0.351. The molecule has 15 nitrogen and oxygen atoms in total. The van der Waals surface area contributed by atoms with E-state index in [0.29, 0.717) is 17.5 Å². The Bertz CT molecular complexity index is 1430. The molecule has 0 heterocycles. The van der Waals surface area contributed by atoms with Gasteiger partial charge >= 0.3 is 5.97 Å². The lowest BCUT2D eigenvalue weighted by Crippen LogP contribution is -2.57. The summed E-state index contributed by atoms with van der Waals surface area (Å²) >= 11 is 0. The van der Waals surface area contributed by atoms with Gasteiger partial charge in [-0.2, -0.15) is 0 Å². The molecule has 0 unspecified atom stereocenters. The highest BCUT2D eigenvalue weighted by molar-refractivity contribution is 5.95. The molecule has 2 aromatic carbocycles. The highest BCUT2D eigenvalue weighted by atomic mass is 16.4. The van der Waals surface area contributed by atoms with Crippen molar-refractivity contribution in [3.63, 3.8) is 0 Å². The third kappa shape index (κ3) is 13.5. The van der Waals surface area contributed by atoms with Crippen LogP contribution < -0.4 is 32.3 Å². The van der Waals surface area contributed by atoms with Gasteiger partial charge in [0.1, 0.15) is 29.9 Å². The number of phenolic OH excluding ortho intramolecular Hbond substituents is 1. The van der Waals surface area contributed by atoms with Crippen LogP contribution in [0.15, 0.2) is 54.6 Å². The van der Waals surface area contributed by atoms with E-state index < -0.39 is 78.5 Å². The summed E-state index contributed by atoms with van der Waals surface area (Å²) in [6.45, 7) is 4.22. The lowest BCUT2D eigenvalue weighted by atomic mass is 9.97. The molecule has 6 amide bonds. The van der Waals surface area contributed by atoms with Crippen LogP contribution in [0, 0.1) is 5.92 Å². The molecular formula is C33H44N6O9. The smallest absolute Gasteiger partial charge is 0.303 e. The van der Waals surface area contributed by atoms with Crippen LogP contribution in [0.25, 0.3) is 0 Å². The number of hydrogen-bond acceptors (Lipinski definition) is 8. The molecule has 0 saturated carbocycles. The number of aromatic hydroxyl groups is 1. The fraction of sp³-hybridized carbons (Fsp3) is 0.424. The summed E-state index contributed by atoms with van der Waals surface area (Å²) < 4.78 is 0. The zero-order valence-electron chi connectivity index (χ0n) is 27.2. The molecule has 0 bridgehead atoms. The molecule has 0 radical (unpaired) electrons. The second-order valence-corrected chi connectivity index (χ2v) is 11.4. The van der Waals surface area contributed by atoms with E-state index in [9.17, 15) is 43.8 Å². The molecule has 0 aliphatic carbocycles. The Morgan fingerprint density at radius 2 is 1.33 bits per heavy atom. The van der Waals surface area contributed by atoms with Crippen molar-refractivity contribution in [1.82, 2.24) is 26.6 Å². The van der Waals surface area contributed by atoms with E-state index in [-0.39, 0.29) is 30.9 Å². The van der Waals surface area contributed by atoms with Crippen molar-refractivity contribution < 1.29 is 43.8 Å². The highest BCUT2D eigenvalue weighted by Crippen LogP contribution is 2.13. The van der Waals surface area contributed by atoms with Gasteiger partial charge in [0, 0.05) is 26.2 Å². The number of carbonyl (C=O) groups is 7. The van der Waals surface area contributed by atoms with Crippen molar-refractivity contribution in [3.05, 3.63) is 65.7 Å². The number of amides is 6. The first kappa shape index (κ1) is 38.7. The van der Waals surface area contributed by atoms with E-state index >= 15 is 0 Å². The number of carboxylic acid groups (broad SMARTS) is 1. The molecular weight excluding hydrogens is 624 g/mol. The fourth-order valence-corrected chi connectivity index (χ4v) is 4.68. The predicted molar refractivity (Wildman–Crippen MR) is 174 cm³/mol. The number of aliphatic carboxylic acids is 1. The maximum Gasteiger partial charge on any atom is 0.303 e. The summed E-state index contributed by atoms with van der Waals surface area (Å²) in [6.07, 6.45) is -0.233. The molecule has 0 spiro atoms. The van der Waals surface area contributed by atoms with Crippen molar-refractivity contribution in [2.24, 2.45) is 11.7 Å². The van der Waals surface area contributed by atoms with Gasteiger partial charge in [0.05, 0.1) is 6.54 Å². The number of carbonyl (C=O) groups excluding carboxylic acids is 6. The van der Waals surface area contributed by atoms with E-state index in [1.54, 1.807) is 49.4 Å². The van der Waals surface area contributed by atoms with Crippen LogP contribution in [0.3, 0.4) is 0 Å². The normalized spacial score (nSPS) is 13.8. The number of hydrogen-bond donors (Lipinski definition) is 8. The molecule has 260 valence electrons. The van der Waals surface area contributed by atoms with Gasteiger partial charge in [-0.05, 0) is 35.6 Å². The number of primary amides is 1. The van der Waals surface area contributed by atoms with Crippen molar-refractivity contribution in [1.29, 1.82) is 0 Å². The van der Waals surface area contributed by atoms with Gasteiger partial charge in [0.2, 0.25) is 35.4 Å². The second-order valence-electron chi connectivity index (χ2n) is 11.4. The Kier molecular flexibility index (Phi) is 15.5. The van der Waals surface area contributed by atoms with Gasteiger partial charge in [-0.25, -0.2) is 0 Å². The summed E-state index contributed by atoms with van der Waals surface area (Å²) in [6, 6.07) is 9.96. The Balaban J connectivity index is 2.16. The van der Waals surface area contributed by atoms with E-state index in [1.807, 2.05) is 6.92 Å². The molecule has 0 saturated heterocycles. The molecule has 0 aromatic heterocycles. The van der Waals surface area contributed by atoms with Crippen LogP contribution in [0.5, 0.6) is 5.75 Å². The second kappa shape index (κ2) is 19.3. The maximum atomic E-state index is 13.3. The fourth-order valence-electron chi connectivity index (χ4n) is 4.68. The minimum absolute atomic E-state index is 0.00773. The van der Waals surface area contributed by atoms with E-state index in [0.717, 1.165) is 0 Å². The molecule has 2 aromatic rings. The van der Waals surface area contributed by atoms with Gasteiger partial charge in [0.15, 0.2) is 0 Å². The third-order valence-electron chi connectivity index (χ3n) is 7.53. The minimum atomic E-state index is -1.38. The van der Waals surface area contributed by atoms with Gasteiger partial charge in [0.25, 0.3) is 0 Å². The zero-order valence-corrected chi connectivity index (χ0v) is 27.2. The average molecular weight is 669 g/mol. The van der Waals surface area contributed by atoms with E-state index in [1.165, 1.54) is 19.1 Å². The summed E-state index contributed by atoms with van der Waals surface area (Å²) in [5.41, 5.74) is 6.76. The summed E-state index contributed by atoms with van der Waals surface area (Å²) in [5.74, 6) is -5.85. The molecule has 9 N–H and O–H groups in total. The number of carboxylic acids is 1. The van der Waals surface area contributed by atoms with Crippen LogP contribution in [0.1, 0.15) is 51.2 Å². The molecule has 5 atom stereocenters. The van der Waals surface area contributed by atoms with Crippen LogP contribution in [-0.4, -0.2) is 82.3 Å². The first-order valence-electron chi connectivity index (χ1n) is 15.5. The van der Waals surface area contributed by atoms with Gasteiger partial charge in [-0.15, -0.1) is 0 Å². The van der Waals surface area contributed by atoms with E-state index in [4.69, 9.17) is 5.73 Å². The van der Waals surface area contributed by atoms with Crippen molar-refractivity contribution in [2.75, 3.05) is 6.54 Å². The molecule has 15 heteroatoms. The van der Waals surface area contributed by atoms with Crippen LogP contribution in [-0.2, 0) is 46.4 Å². The number of nitrogens with one attached hydrogen (secondary N) is 5. The van der Waals surface area contributed by atoms with Crippen LogP contribution in [0.2, 0.25) is 0 Å². The van der Waals surface area contributed by atoms with Crippen molar-refractivity contribution in [2.45, 2.75) is 77.0 Å². The summed E-state index contributed by atoms with van der Waals surface area (Å²) in [5, 5.41) is 31.3. The average Bonchev–Trinajstić information content (AvgIpc) is 3.04. The Morgan fingerprint density at radius 3 is 1.90 bits per heavy atom. The molecule has 0 aliphatic rings. The van der Waals surface area contributed by atoms with Crippen LogP contribution in [0.4, 0.5) is 0 Å². The summed E-state index contributed by atoms with van der Waals surface area (Å²) in [7, 11) is 0. The van der Waals surface area contributed by atoms with Crippen molar-refractivity contribution >= 4 is 41.4 Å². The first-order valence-corrected chi connectivity index (χ1v) is 15.5. The lowest BCUT2D eigenvalue weighted by molar-refractivity contribution is -0.138. The first-order chi connectivity index (χ1) is 22.7. The van der Waals surface area contributed by atoms with Gasteiger partial charge in [-0.1, -0.05) is 62.7 Å². The Labute approximate surface area is 278 Å². The van der Waals surface area contributed by atoms with Gasteiger partial charge < -0.3 is 42.5 Å². The zero-order chi connectivity index (χ0) is 35.8.